The Hall–Kier alpha value is -3.06. The van der Waals surface area contributed by atoms with E-state index in [0.717, 1.165) is 50.1 Å². The van der Waals surface area contributed by atoms with Gasteiger partial charge in [0.25, 0.3) is 0 Å². The highest BCUT2D eigenvalue weighted by atomic mass is 16.4. The van der Waals surface area contributed by atoms with Gasteiger partial charge < -0.3 is 20.0 Å². The van der Waals surface area contributed by atoms with Crippen molar-refractivity contribution in [1.29, 1.82) is 0 Å². The van der Waals surface area contributed by atoms with Crippen LogP contribution in [0.3, 0.4) is 0 Å². The summed E-state index contributed by atoms with van der Waals surface area (Å²) in [6.07, 6.45) is 3.13. The minimum Gasteiger partial charge on any atom is -0.408 e. The number of hydrogen-bond acceptors (Lipinski definition) is 4. The Labute approximate surface area is 182 Å². The molecule has 1 atom stereocenters. The highest BCUT2D eigenvalue weighted by Gasteiger charge is 2.20. The molecule has 0 saturated carbocycles. The quantitative estimate of drug-likeness (QED) is 0.607. The number of carbonyl (C=O) groups is 1. The maximum Gasteiger partial charge on any atom is 0.419 e. The fourth-order valence-electron chi connectivity index (χ4n) is 4.25. The molecule has 0 bridgehead atoms. The Bertz CT molecular complexity index is 1070. The summed E-state index contributed by atoms with van der Waals surface area (Å²) in [5.74, 6) is 0.150. The second-order valence-corrected chi connectivity index (χ2v) is 8.35. The van der Waals surface area contributed by atoms with E-state index in [1.54, 1.807) is 4.57 Å². The van der Waals surface area contributed by atoms with Crippen molar-refractivity contribution in [2.75, 3.05) is 31.5 Å². The molecule has 0 radical (unpaired) electrons. The van der Waals surface area contributed by atoms with E-state index in [4.69, 9.17) is 4.42 Å². The summed E-state index contributed by atoms with van der Waals surface area (Å²) in [4.78, 5) is 26.7. The summed E-state index contributed by atoms with van der Waals surface area (Å²) in [5, 5.41) is 5.89. The molecule has 7 heteroatoms. The molecular weight excluding hydrogens is 392 g/mol. The third-order valence-corrected chi connectivity index (χ3v) is 5.89. The number of carbonyl (C=O) groups excluding carboxylic acids is 1. The van der Waals surface area contributed by atoms with Crippen LogP contribution in [0.15, 0.2) is 57.7 Å². The molecule has 7 nitrogen and oxygen atoms in total. The number of aryl methyl sites for hydroxylation is 2. The lowest BCUT2D eigenvalue weighted by Crippen LogP contribution is -2.42. The van der Waals surface area contributed by atoms with Crippen molar-refractivity contribution in [3.63, 3.8) is 0 Å². The fraction of sp³-hybridized carbons (Fsp3) is 0.417. The van der Waals surface area contributed by atoms with Gasteiger partial charge in [-0.3, -0.25) is 4.57 Å². The first-order valence-electron chi connectivity index (χ1n) is 11.0. The molecule has 4 rings (SSSR count). The summed E-state index contributed by atoms with van der Waals surface area (Å²) in [5.41, 5.74) is 3.46. The number of benzene rings is 2. The van der Waals surface area contributed by atoms with Crippen molar-refractivity contribution in [3.05, 3.63) is 64.6 Å². The molecule has 1 unspecified atom stereocenters. The molecule has 1 aromatic heterocycles. The van der Waals surface area contributed by atoms with Gasteiger partial charge in [0.15, 0.2) is 5.58 Å². The summed E-state index contributed by atoms with van der Waals surface area (Å²) in [6.45, 7) is 6.29. The molecule has 0 spiro atoms. The Morgan fingerprint density at radius 2 is 1.94 bits per heavy atom. The van der Waals surface area contributed by atoms with Crippen LogP contribution in [0.1, 0.15) is 24.8 Å². The van der Waals surface area contributed by atoms with Crippen molar-refractivity contribution >= 4 is 22.8 Å². The van der Waals surface area contributed by atoms with E-state index in [9.17, 15) is 9.59 Å². The van der Waals surface area contributed by atoms with Gasteiger partial charge in [-0.05, 0) is 69.5 Å². The van der Waals surface area contributed by atoms with E-state index in [0.29, 0.717) is 24.6 Å². The predicted octanol–water partition coefficient (Wildman–Crippen LogP) is 3.83. The first-order chi connectivity index (χ1) is 15.1. The third-order valence-electron chi connectivity index (χ3n) is 5.89. The van der Waals surface area contributed by atoms with Crippen LogP contribution in [0.2, 0.25) is 0 Å². The van der Waals surface area contributed by atoms with Gasteiger partial charge >= 0.3 is 11.8 Å². The number of amides is 2. The standard InChI is InChI=1S/C24H30N4O3/c1-18-9-11-20(12-10-18)26-23(29)25-16-19-6-4-13-27(17-19)14-5-15-28-21-7-2-3-8-22(21)31-24(28)30/h2-3,7-12,19H,4-6,13-17H2,1H3,(H2,25,26,29). The van der Waals surface area contributed by atoms with Gasteiger partial charge in [-0.15, -0.1) is 0 Å². The van der Waals surface area contributed by atoms with Crippen LogP contribution in [0.4, 0.5) is 10.5 Å². The Morgan fingerprint density at radius 3 is 2.77 bits per heavy atom. The first kappa shape index (κ1) is 21.2. The molecule has 2 aromatic carbocycles. The molecule has 164 valence electrons. The highest BCUT2D eigenvalue weighted by Crippen LogP contribution is 2.17. The van der Waals surface area contributed by atoms with Gasteiger partial charge in [-0.25, -0.2) is 9.59 Å². The number of likely N-dealkylation sites (tertiary alicyclic amines) is 1. The number of nitrogens with one attached hydrogen (secondary N) is 2. The van der Waals surface area contributed by atoms with Crippen molar-refractivity contribution in [1.82, 2.24) is 14.8 Å². The summed E-state index contributed by atoms with van der Waals surface area (Å²) >= 11 is 0. The normalized spacial score (nSPS) is 17.0. The number of aromatic nitrogens is 1. The summed E-state index contributed by atoms with van der Waals surface area (Å²) in [7, 11) is 0. The number of fused-ring (bicyclic) bond motifs is 1. The minimum atomic E-state index is -0.290. The lowest BCUT2D eigenvalue weighted by Gasteiger charge is -2.32. The summed E-state index contributed by atoms with van der Waals surface area (Å²) in [6, 6.07) is 15.2. The second kappa shape index (κ2) is 9.83. The van der Waals surface area contributed by atoms with Gasteiger partial charge in [0, 0.05) is 25.3 Å². The van der Waals surface area contributed by atoms with Crippen molar-refractivity contribution in [3.8, 4) is 0 Å². The molecule has 1 saturated heterocycles. The SMILES string of the molecule is Cc1ccc(NC(=O)NCC2CCCN(CCCn3c(=O)oc4ccccc43)C2)cc1. The van der Waals surface area contributed by atoms with Crippen molar-refractivity contribution in [2.24, 2.45) is 5.92 Å². The molecule has 1 fully saturated rings. The average Bonchev–Trinajstić information content (AvgIpc) is 3.09. The fourth-order valence-corrected chi connectivity index (χ4v) is 4.25. The van der Waals surface area contributed by atoms with E-state index in [-0.39, 0.29) is 11.8 Å². The molecule has 2 N–H and O–H groups in total. The topological polar surface area (TPSA) is 79.5 Å². The van der Waals surface area contributed by atoms with Gasteiger partial charge in [-0.1, -0.05) is 29.8 Å². The largest absolute Gasteiger partial charge is 0.419 e. The van der Waals surface area contributed by atoms with Crippen molar-refractivity contribution in [2.45, 2.75) is 32.7 Å². The Kier molecular flexibility index (Phi) is 6.72. The van der Waals surface area contributed by atoms with Crippen molar-refractivity contribution < 1.29 is 9.21 Å². The number of nitrogens with zero attached hydrogens (tertiary/aromatic N) is 2. The average molecular weight is 423 g/mol. The second-order valence-electron chi connectivity index (χ2n) is 8.35. The Balaban J connectivity index is 1.21. The molecule has 3 aromatic rings. The van der Waals surface area contributed by atoms with E-state index >= 15 is 0 Å². The zero-order chi connectivity index (χ0) is 21.6. The maximum absolute atomic E-state index is 12.2. The molecule has 2 amide bonds. The zero-order valence-corrected chi connectivity index (χ0v) is 18.0. The van der Waals surface area contributed by atoms with E-state index in [1.807, 2.05) is 55.5 Å². The first-order valence-corrected chi connectivity index (χ1v) is 11.0. The smallest absolute Gasteiger partial charge is 0.408 e. The highest BCUT2D eigenvalue weighted by molar-refractivity contribution is 5.89. The van der Waals surface area contributed by atoms with Crippen LogP contribution >= 0.6 is 0 Å². The van der Waals surface area contributed by atoms with Gasteiger partial charge in [-0.2, -0.15) is 0 Å². The number of para-hydroxylation sites is 2. The molecule has 0 aliphatic carbocycles. The lowest BCUT2D eigenvalue weighted by atomic mass is 9.98. The van der Waals surface area contributed by atoms with Crippen LogP contribution in [-0.4, -0.2) is 41.7 Å². The van der Waals surface area contributed by atoms with E-state index in [2.05, 4.69) is 15.5 Å². The maximum atomic E-state index is 12.2. The van der Waals surface area contributed by atoms with Gasteiger partial charge in [0.05, 0.1) is 5.52 Å². The van der Waals surface area contributed by atoms with E-state index in [1.165, 1.54) is 5.56 Å². The number of urea groups is 1. The molecule has 2 heterocycles. The van der Waals surface area contributed by atoms with Crippen LogP contribution in [0, 0.1) is 12.8 Å². The minimum absolute atomic E-state index is 0.160. The summed E-state index contributed by atoms with van der Waals surface area (Å²) < 4.78 is 7.03. The zero-order valence-electron chi connectivity index (χ0n) is 18.0. The van der Waals surface area contributed by atoms with Gasteiger partial charge in [0.1, 0.15) is 0 Å². The number of oxazole rings is 1. The van der Waals surface area contributed by atoms with Crippen LogP contribution in [0.5, 0.6) is 0 Å². The molecular formula is C24H30N4O3. The Morgan fingerprint density at radius 1 is 1.13 bits per heavy atom. The van der Waals surface area contributed by atoms with Crippen LogP contribution < -0.4 is 16.4 Å². The molecule has 1 aliphatic heterocycles. The number of anilines is 1. The van der Waals surface area contributed by atoms with E-state index < -0.39 is 0 Å². The number of rotatable bonds is 7. The van der Waals surface area contributed by atoms with Crippen LogP contribution in [-0.2, 0) is 6.54 Å². The van der Waals surface area contributed by atoms with Crippen LogP contribution in [0.25, 0.3) is 11.1 Å². The monoisotopic (exact) mass is 422 g/mol. The number of hydrogen-bond donors (Lipinski definition) is 2. The van der Waals surface area contributed by atoms with Gasteiger partial charge in [0.2, 0.25) is 0 Å². The number of piperidine rings is 1. The predicted molar refractivity (Wildman–Crippen MR) is 122 cm³/mol. The molecule has 31 heavy (non-hydrogen) atoms. The molecule has 1 aliphatic rings. The lowest BCUT2D eigenvalue weighted by molar-refractivity contribution is 0.169. The third kappa shape index (κ3) is 5.55.